The number of ketones is 1. The predicted molar refractivity (Wildman–Crippen MR) is 66.2 cm³/mol. The molecule has 1 aliphatic heterocycles. The first-order valence-electron chi connectivity index (χ1n) is 5.75. The van der Waals surface area contributed by atoms with Crippen LogP contribution in [0.3, 0.4) is 0 Å². The maximum Gasteiger partial charge on any atom is 0.228 e. The molecule has 4 nitrogen and oxygen atoms in total. The average Bonchev–Trinajstić information content (AvgIpc) is 2.64. The minimum absolute atomic E-state index is 0.00935. The van der Waals surface area contributed by atoms with Crippen LogP contribution in [0.5, 0.6) is 0 Å². The molecule has 0 unspecified atom stereocenters. The fourth-order valence-electron chi connectivity index (χ4n) is 1.80. The molecule has 2 rings (SSSR count). The Balaban J connectivity index is 2.10. The van der Waals surface area contributed by atoms with E-state index in [9.17, 15) is 9.59 Å². The number of hydrogen-bond acceptors (Lipinski definition) is 3. The summed E-state index contributed by atoms with van der Waals surface area (Å²) in [5, 5.41) is 5.84. The molecule has 1 aliphatic rings. The number of amides is 1. The van der Waals surface area contributed by atoms with Gasteiger partial charge in [-0.25, -0.2) is 0 Å². The highest BCUT2D eigenvalue weighted by Gasteiger charge is 2.18. The number of carbonyl (C=O) groups is 2. The number of nitrogens with one attached hydrogen (secondary N) is 2. The van der Waals surface area contributed by atoms with Crippen LogP contribution in [0.4, 0.5) is 5.69 Å². The molecular formula is C13H16N2O2. The van der Waals surface area contributed by atoms with Crippen LogP contribution >= 0.6 is 0 Å². The lowest BCUT2D eigenvalue weighted by atomic mass is 10.1. The van der Waals surface area contributed by atoms with Gasteiger partial charge in [-0.05, 0) is 23.8 Å². The molecular weight excluding hydrogens is 216 g/mol. The molecule has 0 atom stereocenters. The van der Waals surface area contributed by atoms with Gasteiger partial charge >= 0.3 is 0 Å². The summed E-state index contributed by atoms with van der Waals surface area (Å²) in [4.78, 5) is 23.1. The highest BCUT2D eigenvalue weighted by atomic mass is 16.1. The van der Waals surface area contributed by atoms with E-state index in [-0.39, 0.29) is 17.7 Å². The van der Waals surface area contributed by atoms with Crippen LogP contribution in [0, 0.1) is 0 Å². The minimum Gasteiger partial charge on any atom is -0.326 e. The van der Waals surface area contributed by atoms with Crippen LogP contribution in [-0.4, -0.2) is 24.3 Å². The Morgan fingerprint density at radius 1 is 1.47 bits per heavy atom. The van der Waals surface area contributed by atoms with Crippen LogP contribution in [0.2, 0.25) is 0 Å². The van der Waals surface area contributed by atoms with Gasteiger partial charge in [-0.3, -0.25) is 9.59 Å². The van der Waals surface area contributed by atoms with Crippen molar-refractivity contribution in [2.75, 3.05) is 11.9 Å². The third-order valence-corrected chi connectivity index (χ3v) is 2.72. The maximum absolute atomic E-state index is 11.9. The molecule has 0 aromatic heterocycles. The first-order chi connectivity index (χ1) is 8.06. The van der Waals surface area contributed by atoms with Crippen molar-refractivity contribution in [1.82, 2.24) is 5.32 Å². The van der Waals surface area contributed by atoms with Gasteiger partial charge < -0.3 is 10.6 Å². The number of Topliss-reactive ketones (excluding diaryl/α,β-unsaturated/α-hetero) is 1. The van der Waals surface area contributed by atoms with E-state index < -0.39 is 0 Å². The van der Waals surface area contributed by atoms with Gasteiger partial charge in [0, 0.05) is 17.3 Å². The highest BCUT2D eigenvalue weighted by Crippen LogP contribution is 2.23. The molecule has 0 bridgehead atoms. The monoisotopic (exact) mass is 232 g/mol. The Kier molecular flexibility index (Phi) is 3.24. The Morgan fingerprint density at radius 2 is 2.24 bits per heavy atom. The second-order valence-corrected chi connectivity index (χ2v) is 4.56. The SMILES string of the molecule is CC(C)NCC(=O)c1ccc2c(c1)CC(=O)N2. The maximum atomic E-state index is 11.9. The lowest BCUT2D eigenvalue weighted by molar-refractivity contribution is -0.115. The zero-order valence-electron chi connectivity index (χ0n) is 10.0. The molecule has 17 heavy (non-hydrogen) atoms. The molecule has 1 aromatic rings. The predicted octanol–water partition coefficient (Wildman–Crippen LogP) is 1.36. The molecule has 0 radical (unpaired) electrons. The standard InChI is InChI=1S/C13H16N2O2/c1-8(2)14-7-12(16)9-3-4-11-10(5-9)6-13(17)15-11/h3-5,8,14H,6-7H2,1-2H3,(H,15,17). The summed E-state index contributed by atoms with van der Waals surface area (Å²) in [7, 11) is 0. The van der Waals surface area contributed by atoms with E-state index in [0.717, 1.165) is 11.3 Å². The van der Waals surface area contributed by atoms with Gasteiger partial charge in [0.05, 0.1) is 13.0 Å². The van der Waals surface area contributed by atoms with Crippen molar-refractivity contribution in [1.29, 1.82) is 0 Å². The fraction of sp³-hybridized carbons (Fsp3) is 0.385. The van der Waals surface area contributed by atoms with Crippen LogP contribution < -0.4 is 10.6 Å². The van der Waals surface area contributed by atoms with Gasteiger partial charge in [0.15, 0.2) is 5.78 Å². The number of anilines is 1. The first kappa shape index (κ1) is 11.8. The number of carbonyl (C=O) groups excluding carboxylic acids is 2. The van der Waals surface area contributed by atoms with Gasteiger partial charge in [-0.1, -0.05) is 13.8 Å². The van der Waals surface area contributed by atoms with Crippen molar-refractivity contribution in [3.63, 3.8) is 0 Å². The molecule has 0 saturated heterocycles. The number of fused-ring (bicyclic) bond motifs is 1. The highest BCUT2D eigenvalue weighted by molar-refractivity contribution is 6.02. The lowest BCUT2D eigenvalue weighted by Crippen LogP contribution is -2.29. The van der Waals surface area contributed by atoms with Crippen molar-refractivity contribution in [2.45, 2.75) is 26.3 Å². The summed E-state index contributed by atoms with van der Waals surface area (Å²) in [5.74, 6) is 0.0470. The van der Waals surface area contributed by atoms with Crippen molar-refractivity contribution >= 4 is 17.4 Å². The minimum atomic E-state index is -0.00935. The Labute approximate surface area is 100 Å². The zero-order valence-corrected chi connectivity index (χ0v) is 10.0. The van der Waals surface area contributed by atoms with E-state index >= 15 is 0 Å². The molecule has 1 amide bonds. The van der Waals surface area contributed by atoms with E-state index in [2.05, 4.69) is 10.6 Å². The molecule has 0 fully saturated rings. The number of rotatable bonds is 4. The Bertz CT molecular complexity index is 466. The van der Waals surface area contributed by atoms with Crippen LogP contribution in [0.1, 0.15) is 29.8 Å². The molecule has 90 valence electrons. The van der Waals surface area contributed by atoms with Crippen molar-refractivity contribution in [3.8, 4) is 0 Å². The molecule has 0 spiro atoms. The summed E-state index contributed by atoms with van der Waals surface area (Å²) < 4.78 is 0. The van der Waals surface area contributed by atoms with Gasteiger partial charge in [0.25, 0.3) is 0 Å². The first-order valence-corrected chi connectivity index (χ1v) is 5.75. The molecule has 0 saturated carbocycles. The van der Waals surface area contributed by atoms with Crippen molar-refractivity contribution in [3.05, 3.63) is 29.3 Å². The summed E-state index contributed by atoms with van der Waals surface area (Å²) in [6.07, 6.45) is 0.369. The smallest absolute Gasteiger partial charge is 0.228 e. The second-order valence-electron chi connectivity index (χ2n) is 4.56. The van der Waals surface area contributed by atoms with Crippen molar-refractivity contribution < 1.29 is 9.59 Å². The van der Waals surface area contributed by atoms with Gasteiger partial charge in [-0.15, -0.1) is 0 Å². The molecule has 4 heteroatoms. The van der Waals surface area contributed by atoms with E-state index in [4.69, 9.17) is 0 Å². The third-order valence-electron chi connectivity index (χ3n) is 2.72. The Hall–Kier alpha value is -1.68. The Morgan fingerprint density at radius 3 is 2.94 bits per heavy atom. The lowest BCUT2D eigenvalue weighted by Gasteiger charge is -2.08. The van der Waals surface area contributed by atoms with E-state index in [1.165, 1.54) is 0 Å². The van der Waals surface area contributed by atoms with Gasteiger partial charge in [0.2, 0.25) is 5.91 Å². The molecule has 0 aliphatic carbocycles. The van der Waals surface area contributed by atoms with Crippen LogP contribution in [-0.2, 0) is 11.2 Å². The quantitative estimate of drug-likeness (QED) is 0.771. The largest absolute Gasteiger partial charge is 0.326 e. The van der Waals surface area contributed by atoms with E-state index in [1.807, 2.05) is 13.8 Å². The molecule has 1 heterocycles. The van der Waals surface area contributed by atoms with E-state index in [0.29, 0.717) is 18.5 Å². The van der Waals surface area contributed by atoms with Crippen LogP contribution in [0.15, 0.2) is 18.2 Å². The summed E-state index contributed by atoms with van der Waals surface area (Å²) in [6, 6.07) is 5.64. The molecule has 2 N–H and O–H groups in total. The average molecular weight is 232 g/mol. The number of benzene rings is 1. The zero-order chi connectivity index (χ0) is 12.4. The number of hydrogen-bond donors (Lipinski definition) is 2. The van der Waals surface area contributed by atoms with Crippen LogP contribution in [0.25, 0.3) is 0 Å². The fourth-order valence-corrected chi connectivity index (χ4v) is 1.80. The van der Waals surface area contributed by atoms with Gasteiger partial charge in [-0.2, -0.15) is 0 Å². The van der Waals surface area contributed by atoms with E-state index in [1.54, 1.807) is 18.2 Å². The summed E-state index contributed by atoms with van der Waals surface area (Å²) >= 11 is 0. The molecule has 1 aromatic carbocycles. The summed E-state index contributed by atoms with van der Waals surface area (Å²) in [6.45, 7) is 4.33. The topological polar surface area (TPSA) is 58.2 Å². The summed E-state index contributed by atoms with van der Waals surface area (Å²) in [5.41, 5.74) is 2.39. The second kappa shape index (κ2) is 4.67. The van der Waals surface area contributed by atoms with Gasteiger partial charge in [0.1, 0.15) is 0 Å². The van der Waals surface area contributed by atoms with Crippen molar-refractivity contribution in [2.24, 2.45) is 0 Å². The normalized spacial score (nSPS) is 13.7. The third kappa shape index (κ3) is 2.71.